The van der Waals surface area contributed by atoms with Crippen molar-refractivity contribution in [2.24, 2.45) is 0 Å². The fraction of sp³-hybridized carbons (Fsp3) is 0.154. The minimum absolute atomic E-state index is 0.276. The van der Waals surface area contributed by atoms with Crippen LogP contribution in [0.2, 0.25) is 0 Å². The number of hydrogen-bond donors (Lipinski definition) is 0. The van der Waals surface area contributed by atoms with Crippen LogP contribution >= 0.6 is 0 Å². The molecule has 1 nitrogen and oxygen atoms in total. The topological polar surface area (TPSA) is 12.5 Å². The maximum Gasteiger partial charge on any atom is 0.112 e. The number of rotatable bonds is 2. The summed E-state index contributed by atoms with van der Waals surface area (Å²) in [6.07, 6.45) is 0.561. The van der Waals surface area contributed by atoms with Crippen LogP contribution in [-0.2, 0) is 4.74 Å². The average Bonchev–Trinajstić information content (AvgIpc) is 2.87. The fourth-order valence-corrected chi connectivity index (χ4v) is 1.84. The maximum absolute atomic E-state index is 5.65. The summed E-state index contributed by atoms with van der Waals surface area (Å²) < 4.78 is 5.65. The first-order valence-corrected chi connectivity index (χ1v) is 4.87. The van der Waals surface area contributed by atoms with E-state index in [1.807, 2.05) is 6.07 Å². The van der Waals surface area contributed by atoms with Crippen molar-refractivity contribution in [3.05, 3.63) is 65.7 Å². The van der Waals surface area contributed by atoms with Crippen LogP contribution in [-0.4, -0.2) is 0 Å². The van der Waals surface area contributed by atoms with Gasteiger partial charge in [0, 0.05) is 0 Å². The molecule has 1 saturated heterocycles. The fourth-order valence-electron chi connectivity index (χ4n) is 1.84. The molecule has 14 heavy (non-hydrogen) atoms. The van der Waals surface area contributed by atoms with Crippen LogP contribution < -0.4 is 0 Å². The third kappa shape index (κ3) is 1.26. The summed E-state index contributed by atoms with van der Waals surface area (Å²) in [5, 5.41) is 0. The highest BCUT2D eigenvalue weighted by atomic mass is 16.6. The molecule has 0 aliphatic carbocycles. The quantitative estimate of drug-likeness (QED) is 0.514. The van der Waals surface area contributed by atoms with E-state index >= 15 is 0 Å². The molecular formula is C13H11O-. The molecule has 0 unspecified atom stereocenters. The lowest BCUT2D eigenvalue weighted by atomic mass is 10.1. The van der Waals surface area contributed by atoms with E-state index in [0.717, 1.165) is 0 Å². The Morgan fingerprint density at radius 2 is 1.79 bits per heavy atom. The van der Waals surface area contributed by atoms with Crippen molar-refractivity contribution < 1.29 is 4.74 Å². The molecule has 0 amide bonds. The molecular weight excluding hydrogens is 172 g/mol. The summed E-state index contributed by atoms with van der Waals surface area (Å²) in [6, 6.07) is 18.7. The van der Waals surface area contributed by atoms with E-state index in [9.17, 15) is 0 Å². The zero-order valence-electron chi connectivity index (χ0n) is 7.76. The molecule has 2 aromatic rings. The molecule has 70 valence electrons. The summed E-state index contributed by atoms with van der Waals surface area (Å²) in [6.45, 7) is 0. The van der Waals surface area contributed by atoms with Crippen LogP contribution in [0.4, 0.5) is 0 Å². The van der Waals surface area contributed by atoms with Crippen LogP contribution in [0.5, 0.6) is 0 Å². The zero-order chi connectivity index (χ0) is 9.38. The molecule has 0 aromatic heterocycles. The number of hydrogen-bond acceptors (Lipinski definition) is 1. The van der Waals surface area contributed by atoms with Gasteiger partial charge >= 0.3 is 0 Å². The van der Waals surface area contributed by atoms with Crippen LogP contribution in [0.25, 0.3) is 0 Å². The summed E-state index contributed by atoms with van der Waals surface area (Å²) in [5.41, 5.74) is 2.57. The second-order valence-corrected chi connectivity index (χ2v) is 3.61. The third-order valence-electron chi connectivity index (χ3n) is 2.64. The largest absolute Gasteiger partial charge is 0.362 e. The third-order valence-corrected chi connectivity index (χ3v) is 2.64. The predicted octanol–water partition coefficient (Wildman–Crippen LogP) is 3.22. The molecule has 0 N–H and O–H groups in total. The van der Waals surface area contributed by atoms with Crippen molar-refractivity contribution >= 4 is 0 Å². The molecule has 1 fully saturated rings. The minimum atomic E-state index is 0.276. The summed E-state index contributed by atoms with van der Waals surface area (Å²) in [4.78, 5) is 0. The van der Waals surface area contributed by atoms with Gasteiger partial charge in [-0.25, -0.2) is 12.1 Å². The van der Waals surface area contributed by atoms with Crippen LogP contribution in [0.3, 0.4) is 0 Å². The van der Waals surface area contributed by atoms with Crippen LogP contribution in [0, 0.1) is 0 Å². The van der Waals surface area contributed by atoms with Crippen molar-refractivity contribution in [2.75, 3.05) is 0 Å². The Bertz CT molecular complexity index is 402. The molecule has 1 aliphatic heterocycles. The monoisotopic (exact) mass is 183 g/mol. The van der Waals surface area contributed by atoms with Crippen molar-refractivity contribution in [1.82, 2.24) is 0 Å². The van der Waals surface area contributed by atoms with Crippen LogP contribution in [0.15, 0.2) is 54.6 Å². The van der Waals surface area contributed by atoms with E-state index in [4.69, 9.17) is 4.74 Å². The lowest BCUT2D eigenvalue weighted by molar-refractivity contribution is 0.378. The molecule has 0 bridgehead atoms. The van der Waals surface area contributed by atoms with Gasteiger partial charge in [-0.15, -0.1) is 5.56 Å². The first kappa shape index (κ1) is 7.89. The van der Waals surface area contributed by atoms with Gasteiger partial charge in [-0.1, -0.05) is 30.3 Å². The Labute approximate surface area is 83.3 Å². The highest BCUT2D eigenvalue weighted by Crippen LogP contribution is 2.50. The molecule has 2 aromatic carbocycles. The van der Waals surface area contributed by atoms with Gasteiger partial charge in [0.25, 0.3) is 0 Å². The molecule has 1 aliphatic rings. The molecule has 1 heterocycles. The normalized spacial score (nSPS) is 24.9. The van der Waals surface area contributed by atoms with Gasteiger partial charge < -0.3 is 4.74 Å². The lowest BCUT2D eigenvalue weighted by Crippen LogP contribution is -1.80. The van der Waals surface area contributed by atoms with E-state index in [2.05, 4.69) is 48.5 Å². The SMILES string of the molecule is c1ccc([C@H]2O[C@@H]2c2ccc[cH-]2)cc1. The van der Waals surface area contributed by atoms with E-state index < -0.39 is 0 Å². The Balaban J connectivity index is 1.81. The first-order chi connectivity index (χ1) is 6.95. The molecule has 1 heteroatoms. The predicted molar refractivity (Wildman–Crippen MR) is 55.0 cm³/mol. The summed E-state index contributed by atoms with van der Waals surface area (Å²) in [7, 11) is 0. The van der Waals surface area contributed by atoms with E-state index in [-0.39, 0.29) is 12.2 Å². The number of ether oxygens (including phenoxy) is 1. The summed E-state index contributed by atoms with van der Waals surface area (Å²) in [5.74, 6) is 0. The Morgan fingerprint density at radius 1 is 0.929 bits per heavy atom. The highest BCUT2D eigenvalue weighted by molar-refractivity contribution is 5.30. The Morgan fingerprint density at radius 3 is 2.50 bits per heavy atom. The molecule has 0 saturated carbocycles. The van der Waals surface area contributed by atoms with Crippen molar-refractivity contribution in [2.45, 2.75) is 12.2 Å². The standard InChI is InChI=1S/C13H11O/c1-2-6-10(7-3-1)12-13(14-12)11-8-4-5-9-11/h1-9,12-13H/q-1/t12-,13-/m1/s1. The first-order valence-electron chi connectivity index (χ1n) is 4.87. The molecule has 2 atom stereocenters. The second kappa shape index (κ2) is 3.03. The number of benzene rings is 1. The lowest BCUT2D eigenvalue weighted by Gasteiger charge is -1.96. The van der Waals surface area contributed by atoms with E-state index in [1.165, 1.54) is 11.1 Å². The highest BCUT2D eigenvalue weighted by Gasteiger charge is 2.38. The average molecular weight is 183 g/mol. The van der Waals surface area contributed by atoms with Gasteiger partial charge in [0.2, 0.25) is 0 Å². The van der Waals surface area contributed by atoms with Crippen molar-refractivity contribution in [3.8, 4) is 0 Å². The van der Waals surface area contributed by atoms with Crippen molar-refractivity contribution in [3.63, 3.8) is 0 Å². The van der Waals surface area contributed by atoms with Gasteiger partial charge in [0.15, 0.2) is 0 Å². The van der Waals surface area contributed by atoms with Gasteiger partial charge in [-0.05, 0) is 5.56 Å². The van der Waals surface area contributed by atoms with Crippen LogP contribution in [0.1, 0.15) is 23.3 Å². The molecule has 0 radical (unpaired) electrons. The Kier molecular flexibility index (Phi) is 1.71. The molecule has 3 rings (SSSR count). The molecule has 0 spiro atoms. The smallest absolute Gasteiger partial charge is 0.112 e. The summed E-state index contributed by atoms with van der Waals surface area (Å²) >= 11 is 0. The van der Waals surface area contributed by atoms with Crippen molar-refractivity contribution in [1.29, 1.82) is 0 Å². The number of epoxide rings is 1. The van der Waals surface area contributed by atoms with E-state index in [0.29, 0.717) is 0 Å². The maximum atomic E-state index is 5.65. The van der Waals surface area contributed by atoms with E-state index in [1.54, 1.807) is 0 Å². The zero-order valence-corrected chi connectivity index (χ0v) is 7.76. The van der Waals surface area contributed by atoms with Gasteiger partial charge in [0.05, 0.1) is 6.10 Å². The second-order valence-electron chi connectivity index (χ2n) is 3.61. The minimum Gasteiger partial charge on any atom is -0.362 e. The van der Waals surface area contributed by atoms with Gasteiger partial charge in [0.1, 0.15) is 6.10 Å². The Hall–Kier alpha value is -1.47. The van der Waals surface area contributed by atoms with Gasteiger partial charge in [-0.3, -0.25) is 0 Å². The van der Waals surface area contributed by atoms with Gasteiger partial charge in [-0.2, -0.15) is 12.1 Å².